The Balaban J connectivity index is 2.18. The van der Waals surface area contributed by atoms with Crippen molar-refractivity contribution in [2.45, 2.75) is 6.54 Å². The number of pyridine rings is 1. The first-order valence-electron chi connectivity index (χ1n) is 6.77. The van der Waals surface area contributed by atoms with Gasteiger partial charge in [-0.1, -0.05) is 30.3 Å². The van der Waals surface area contributed by atoms with Gasteiger partial charge in [-0.3, -0.25) is 0 Å². The molecule has 3 aromatic rings. The fourth-order valence-electron chi connectivity index (χ4n) is 2.40. The first kappa shape index (κ1) is 13.5. The molecule has 0 bridgehead atoms. The summed E-state index contributed by atoms with van der Waals surface area (Å²) in [5, 5.41) is 2.09. The number of fused-ring (bicyclic) bond motifs is 1. The molecule has 0 aliphatic carbocycles. The van der Waals surface area contributed by atoms with Gasteiger partial charge in [-0.05, 0) is 29.7 Å². The highest BCUT2D eigenvalue weighted by atomic mass is 19.1. The Morgan fingerprint density at radius 2 is 1.90 bits per heavy atom. The van der Waals surface area contributed by atoms with Crippen LogP contribution in [0.3, 0.4) is 0 Å². The maximum Gasteiger partial charge on any atom is 0.140 e. The second-order valence-electron chi connectivity index (χ2n) is 4.90. The molecule has 0 unspecified atom stereocenters. The number of nitrogens with two attached hydrogens (primary N) is 1. The molecule has 2 aromatic carbocycles. The van der Waals surface area contributed by atoms with Gasteiger partial charge in [-0.2, -0.15) is 0 Å². The van der Waals surface area contributed by atoms with Gasteiger partial charge in [0.25, 0.3) is 0 Å². The molecule has 0 aliphatic rings. The number of hydrogen-bond acceptors (Lipinski definition) is 3. The largest absolute Gasteiger partial charge is 0.329 e. The van der Waals surface area contributed by atoms with Gasteiger partial charge < -0.3 is 10.6 Å². The van der Waals surface area contributed by atoms with Crippen LogP contribution in [0.4, 0.5) is 15.9 Å². The lowest BCUT2D eigenvalue weighted by molar-refractivity contribution is 0.628. The van der Waals surface area contributed by atoms with Gasteiger partial charge in [0.1, 0.15) is 11.6 Å². The van der Waals surface area contributed by atoms with Gasteiger partial charge >= 0.3 is 0 Å². The van der Waals surface area contributed by atoms with Gasteiger partial charge in [0.05, 0.1) is 5.69 Å². The van der Waals surface area contributed by atoms with E-state index >= 15 is 0 Å². The van der Waals surface area contributed by atoms with Crippen LogP contribution < -0.4 is 10.6 Å². The van der Waals surface area contributed by atoms with E-state index in [2.05, 4.69) is 4.98 Å². The molecule has 0 atom stereocenters. The molecular formula is C17H16FN3. The molecule has 0 saturated heterocycles. The zero-order chi connectivity index (χ0) is 14.8. The number of aromatic nitrogens is 1. The van der Waals surface area contributed by atoms with E-state index in [1.54, 1.807) is 6.07 Å². The lowest BCUT2D eigenvalue weighted by Crippen LogP contribution is -2.13. The third kappa shape index (κ3) is 2.58. The summed E-state index contributed by atoms with van der Waals surface area (Å²) in [5.41, 5.74) is 7.30. The topological polar surface area (TPSA) is 42.2 Å². The van der Waals surface area contributed by atoms with Crippen LogP contribution in [0.15, 0.2) is 54.6 Å². The number of hydrogen-bond donors (Lipinski definition) is 1. The zero-order valence-electron chi connectivity index (χ0n) is 11.8. The summed E-state index contributed by atoms with van der Waals surface area (Å²) in [6.45, 7) is 0.370. The van der Waals surface area contributed by atoms with Gasteiger partial charge in [0.2, 0.25) is 0 Å². The minimum atomic E-state index is -0.265. The van der Waals surface area contributed by atoms with Crippen molar-refractivity contribution in [2.24, 2.45) is 5.73 Å². The predicted molar refractivity (Wildman–Crippen MR) is 84.1 cm³/mol. The third-order valence-corrected chi connectivity index (χ3v) is 3.50. The first-order valence-corrected chi connectivity index (χ1v) is 6.77. The monoisotopic (exact) mass is 281 g/mol. The second-order valence-corrected chi connectivity index (χ2v) is 4.90. The molecule has 0 saturated carbocycles. The highest BCUT2D eigenvalue weighted by molar-refractivity contribution is 5.94. The average Bonchev–Trinajstić information content (AvgIpc) is 2.53. The van der Waals surface area contributed by atoms with Gasteiger partial charge in [0, 0.05) is 24.7 Å². The van der Waals surface area contributed by atoms with E-state index in [1.165, 1.54) is 12.1 Å². The summed E-state index contributed by atoms with van der Waals surface area (Å²) in [6, 6.07) is 16.4. The van der Waals surface area contributed by atoms with Crippen molar-refractivity contribution >= 4 is 22.3 Å². The molecule has 0 amide bonds. The van der Waals surface area contributed by atoms with Crippen LogP contribution in [-0.2, 0) is 6.54 Å². The number of anilines is 2. The Morgan fingerprint density at radius 3 is 2.67 bits per heavy atom. The van der Waals surface area contributed by atoms with Crippen LogP contribution >= 0.6 is 0 Å². The molecule has 2 N–H and O–H groups in total. The molecule has 21 heavy (non-hydrogen) atoms. The molecule has 1 aromatic heterocycles. The molecule has 0 fully saturated rings. The van der Waals surface area contributed by atoms with E-state index in [9.17, 15) is 4.39 Å². The van der Waals surface area contributed by atoms with Crippen molar-refractivity contribution < 1.29 is 4.39 Å². The highest BCUT2D eigenvalue weighted by Gasteiger charge is 2.11. The van der Waals surface area contributed by atoms with Crippen molar-refractivity contribution in [1.82, 2.24) is 4.98 Å². The van der Waals surface area contributed by atoms with Gasteiger partial charge in [0.15, 0.2) is 0 Å². The van der Waals surface area contributed by atoms with Crippen LogP contribution in [0, 0.1) is 5.82 Å². The van der Waals surface area contributed by atoms with Gasteiger partial charge in [-0.25, -0.2) is 9.37 Å². The molecule has 4 heteroatoms. The fraction of sp³-hybridized carbons (Fsp3) is 0.118. The Hall–Kier alpha value is -2.46. The summed E-state index contributed by atoms with van der Waals surface area (Å²) in [4.78, 5) is 6.48. The summed E-state index contributed by atoms with van der Waals surface area (Å²) < 4.78 is 13.4. The second kappa shape index (κ2) is 5.50. The summed E-state index contributed by atoms with van der Waals surface area (Å²) >= 11 is 0. The zero-order valence-corrected chi connectivity index (χ0v) is 11.8. The minimum absolute atomic E-state index is 0.265. The number of benzene rings is 2. The highest BCUT2D eigenvalue weighted by Crippen LogP contribution is 2.30. The van der Waals surface area contributed by atoms with Crippen LogP contribution in [-0.4, -0.2) is 12.0 Å². The molecule has 1 heterocycles. The van der Waals surface area contributed by atoms with Gasteiger partial charge in [-0.15, -0.1) is 0 Å². The maximum absolute atomic E-state index is 13.4. The lowest BCUT2D eigenvalue weighted by atomic mass is 10.1. The Labute approximate surface area is 122 Å². The molecule has 0 aliphatic heterocycles. The number of rotatable bonds is 3. The van der Waals surface area contributed by atoms with Crippen molar-refractivity contribution in [3.05, 3.63) is 66.1 Å². The van der Waals surface area contributed by atoms with Crippen LogP contribution in [0.2, 0.25) is 0 Å². The van der Waals surface area contributed by atoms with Crippen LogP contribution in [0.1, 0.15) is 5.69 Å². The summed E-state index contributed by atoms with van der Waals surface area (Å²) in [7, 11) is 1.88. The van der Waals surface area contributed by atoms with E-state index < -0.39 is 0 Å². The van der Waals surface area contributed by atoms with E-state index in [-0.39, 0.29) is 5.82 Å². The third-order valence-electron chi connectivity index (χ3n) is 3.50. The van der Waals surface area contributed by atoms with E-state index in [4.69, 9.17) is 5.73 Å². The van der Waals surface area contributed by atoms with Crippen molar-refractivity contribution in [1.29, 1.82) is 0 Å². The van der Waals surface area contributed by atoms with Crippen molar-refractivity contribution in [3.63, 3.8) is 0 Å². The number of nitrogens with zero attached hydrogens (tertiary/aromatic N) is 2. The van der Waals surface area contributed by atoms with E-state index in [0.717, 1.165) is 28.0 Å². The molecule has 0 radical (unpaired) electrons. The smallest absolute Gasteiger partial charge is 0.140 e. The van der Waals surface area contributed by atoms with Crippen LogP contribution in [0.25, 0.3) is 10.8 Å². The molecule has 106 valence electrons. The Bertz CT molecular complexity index is 786. The number of halogens is 1. The van der Waals surface area contributed by atoms with E-state index in [1.807, 2.05) is 48.3 Å². The molecule has 3 rings (SSSR count). The van der Waals surface area contributed by atoms with Crippen molar-refractivity contribution in [2.75, 3.05) is 11.9 Å². The predicted octanol–water partition coefficient (Wildman–Crippen LogP) is 3.60. The summed E-state index contributed by atoms with van der Waals surface area (Å²) in [5.74, 6) is 0.512. The SMILES string of the molecule is CN(c1cccc(F)c1)c1nc(CN)cc2ccccc12. The molecule has 0 spiro atoms. The molecular weight excluding hydrogens is 265 g/mol. The fourth-order valence-corrected chi connectivity index (χ4v) is 2.40. The maximum atomic E-state index is 13.4. The lowest BCUT2D eigenvalue weighted by Gasteiger charge is -2.21. The first-order chi connectivity index (χ1) is 10.2. The normalized spacial score (nSPS) is 10.8. The van der Waals surface area contributed by atoms with E-state index in [0.29, 0.717) is 6.54 Å². The Kier molecular flexibility index (Phi) is 3.54. The standard InChI is InChI=1S/C17H16FN3/c1-21(15-7-4-6-13(18)10-15)17-16-8-3-2-5-12(16)9-14(11-19)20-17/h2-10H,11,19H2,1H3. The average molecular weight is 281 g/mol. The minimum Gasteiger partial charge on any atom is -0.329 e. The van der Waals surface area contributed by atoms with Crippen molar-refractivity contribution in [3.8, 4) is 0 Å². The Morgan fingerprint density at radius 1 is 1.10 bits per heavy atom. The summed E-state index contributed by atoms with van der Waals surface area (Å²) in [6.07, 6.45) is 0. The van der Waals surface area contributed by atoms with Crippen LogP contribution in [0.5, 0.6) is 0 Å². The quantitative estimate of drug-likeness (QED) is 0.797. The molecule has 3 nitrogen and oxygen atoms in total.